The quantitative estimate of drug-likeness (QED) is 0.772. The molecule has 1 aromatic rings. The van der Waals surface area contributed by atoms with E-state index in [0.717, 1.165) is 6.42 Å². The number of hydrogen-bond acceptors (Lipinski definition) is 2. The Hall–Kier alpha value is -1.05. The molecule has 0 spiro atoms. The summed E-state index contributed by atoms with van der Waals surface area (Å²) in [5.74, 6) is 1.37. The minimum Gasteiger partial charge on any atom is -0.383 e. The second-order valence-corrected chi connectivity index (χ2v) is 3.77. The molecule has 0 bridgehead atoms. The second kappa shape index (κ2) is 4.26. The first-order valence-corrected chi connectivity index (χ1v) is 4.84. The number of nitrogens with two attached hydrogens (primary N) is 1. The third-order valence-corrected chi connectivity index (χ3v) is 2.40. The Bertz CT molecular complexity index is 281. The number of nitrogens with zero attached hydrogens (tertiary/aromatic N) is 1. The van der Waals surface area contributed by atoms with Crippen LogP contribution in [0.25, 0.3) is 0 Å². The summed E-state index contributed by atoms with van der Waals surface area (Å²) >= 11 is 0. The van der Waals surface area contributed by atoms with Gasteiger partial charge in [0.05, 0.1) is 0 Å². The lowest BCUT2D eigenvalue weighted by Gasteiger charge is -2.10. The van der Waals surface area contributed by atoms with Gasteiger partial charge in [0.15, 0.2) is 0 Å². The summed E-state index contributed by atoms with van der Waals surface area (Å²) in [6, 6.07) is 2.13. The molecule has 0 saturated heterocycles. The largest absolute Gasteiger partial charge is 0.383 e. The molecule has 0 saturated carbocycles. The number of nitrogen functional groups attached to an aromatic ring is 1. The van der Waals surface area contributed by atoms with Gasteiger partial charge in [-0.15, -0.1) is 0 Å². The van der Waals surface area contributed by atoms with Crippen molar-refractivity contribution in [1.82, 2.24) is 4.98 Å². The van der Waals surface area contributed by atoms with Crippen LogP contribution in [0.1, 0.15) is 31.4 Å². The van der Waals surface area contributed by atoms with Crippen molar-refractivity contribution < 1.29 is 0 Å². The van der Waals surface area contributed by atoms with Gasteiger partial charge in [-0.25, -0.2) is 4.98 Å². The van der Waals surface area contributed by atoms with E-state index in [9.17, 15) is 0 Å². The summed E-state index contributed by atoms with van der Waals surface area (Å²) in [5, 5.41) is 0. The van der Waals surface area contributed by atoms with E-state index >= 15 is 0 Å². The molecular weight excluding hydrogens is 160 g/mol. The zero-order valence-corrected chi connectivity index (χ0v) is 8.67. The van der Waals surface area contributed by atoms with Crippen LogP contribution in [-0.2, 0) is 6.42 Å². The van der Waals surface area contributed by atoms with E-state index in [1.807, 2.05) is 13.1 Å². The van der Waals surface area contributed by atoms with Gasteiger partial charge in [-0.2, -0.15) is 0 Å². The molecule has 1 unspecified atom stereocenters. The smallest absolute Gasteiger partial charge is 0.126 e. The fourth-order valence-electron chi connectivity index (χ4n) is 1.32. The Morgan fingerprint density at radius 2 is 2.23 bits per heavy atom. The van der Waals surface area contributed by atoms with Gasteiger partial charge >= 0.3 is 0 Å². The van der Waals surface area contributed by atoms with Crippen LogP contribution in [0.2, 0.25) is 0 Å². The Morgan fingerprint density at radius 3 is 2.85 bits per heavy atom. The van der Waals surface area contributed by atoms with E-state index in [0.29, 0.717) is 11.7 Å². The molecule has 1 heterocycles. The summed E-state index contributed by atoms with van der Waals surface area (Å²) < 4.78 is 0. The van der Waals surface area contributed by atoms with Gasteiger partial charge < -0.3 is 5.73 Å². The van der Waals surface area contributed by atoms with Crippen molar-refractivity contribution in [3.8, 4) is 0 Å². The number of anilines is 1. The normalized spacial score (nSPS) is 12.8. The minimum atomic E-state index is 0.686. The molecule has 2 N–H and O–H groups in total. The summed E-state index contributed by atoms with van der Waals surface area (Å²) in [7, 11) is 0. The van der Waals surface area contributed by atoms with Crippen LogP contribution < -0.4 is 5.73 Å². The van der Waals surface area contributed by atoms with Crippen LogP contribution in [0.5, 0.6) is 0 Å². The van der Waals surface area contributed by atoms with Crippen molar-refractivity contribution >= 4 is 5.82 Å². The third kappa shape index (κ3) is 2.72. The SMILES string of the molecule is CCC(C)Cc1cc(C)cnc1N. The maximum absolute atomic E-state index is 5.78. The minimum absolute atomic E-state index is 0.686. The van der Waals surface area contributed by atoms with Crippen LogP contribution in [0.15, 0.2) is 12.3 Å². The first-order chi connectivity index (χ1) is 6.13. The highest BCUT2D eigenvalue weighted by Gasteiger charge is 2.05. The highest BCUT2D eigenvalue weighted by Crippen LogP contribution is 2.16. The zero-order chi connectivity index (χ0) is 9.84. The average Bonchev–Trinajstić information content (AvgIpc) is 2.11. The predicted octanol–water partition coefficient (Wildman–Crippen LogP) is 2.56. The van der Waals surface area contributed by atoms with Gasteiger partial charge in [-0.1, -0.05) is 26.3 Å². The van der Waals surface area contributed by atoms with Crippen molar-refractivity contribution in [3.63, 3.8) is 0 Å². The molecule has 0 aliphatic carbocycles. The monoisotopic (exact) mass is 178 g/mol. The van der Waals surface area contributed by atoms with Crippen LogP contribution in [0, 0.1) is 12.8 Å². The average molecular weight is 178 g/mol. The molecule has 0 radical (unpaired) electrons. The predicted molar refractivity (Wildman–Crippen MR) is 56.5 cm³/mol. The van der Waals surface area contributed by atoms with Gasteiger partial charge in [0, 0.05) is 6.20 Å². The fraction of sp³-hybridized carbons (Fsp3) is 0.545. The van der Waals surface area contributed by atoms with Crippen molar-refractivity contribution in [1.29, 1.82) is 0 Å². The molecule has 0 aliphatic heterocycles. The molecule has 72 valence electrons. The Kier molecular flexibility index (Phi) is 3.29. The van der Waals surface area contributed by atoms with Gasteiger partial charge in [0.1, 0.15) is 5.82 Å². The number of aryl methyl sites for hydroxylation is 1. The summed E-state index contributed by atoms with van der Waals surface area (Å²) in [6.07, 6.45) is 4.04. The molecule has 0 fully saturated rings. The van der Waals surface area contributed by atoms with E-state index in [2.05, 4.69) is 24.9 Å². The van der Waals surface area contributed by atoms with E-state index in [1.165, 1.54) is 17.5 Å². The van der Waals surface area contributed by atoms with Crippen molar-refractivity contribution in [2.75, 3.05) is 5.73 Å². The molecule has 0 aliphatic rings. The Balaban J connectivity index is 2.81. The molecule has 2 heteroatoms. The Labute approximate surface area is 80.2 Å². The first-order valence-electron chi connectivity index (χ1n) is 4.84. The van der Waals surface area contributed by atoms with E-state index in [1.54, 1.807) is 0 Å². The van der Waals surface area contributed by atoms with Crippen LogP contribution in [0.4, 0.5) is 5.82 Å². The lowest BCUT2D eigenvalue weighted by molar-refractivity contribution is 0.560. The first kappa shape index (κ1) is 10.0. The standard InChI is InChI=1S/C11H18N2/c1-4-8(2)5-10-6-9(3)7-13-11(10)12/h6-8H,4-5H2,1-3H3,(H2,12,13). The molecule has 1 rings (SSSR count). The van der Waals surface area contributed by atoms with Gasteiger partial charge in [0.2, 0.25) is 0 Å². The number of rotatable bonds is 3. The molecule has 1 atom stereocenters. The highest BCUT2D eigenvalue weighted by molar-refractivity contribution is 5.40. The number of pyridine rings is 1. The summed E-state index contributed by atoms with van der Waals surface area (Å²) in [4.78, 5) is 4.14. The van der Waals surface area contributed by atoms with Crippen LogP contribution in [0.3, 0.4) is 0 Å². The lowest BCUT2D eigenvalue weighted by atomic mass is 9.99. The fourth-order valence-corrected chi connectivity index (χ4v) is 1.32. The van der Waals surface area contributed by atoms with E-state index < -0.39 is 0 Å². The van der Waals surface area contributed by atoms with Crippen molar-refractivity contribution in [2.24, 2.45) is 5.92 Å². The summed E-state index contributed by atoms with van der Waals surface area (Å²) in [5.41, 5.74) is 8.16. The molecule has 0 aromatic carbocycles. The maximum Gasteiger partial charge on any atom is 0.126 e. The number of hydrogen-bond donors (Lipinski definition) is 1. The van der Waals surface area contributed by atoms with Crippen molar-refractivity contribution in [2.45, 2.75) is 33.6 Å². The van der Waals surface area contributed by atoms with E-state index in [-0.39, 0.29) is 0 Å². The third-order valence-electron chi connectivity index (χ3n) is 2.40. The van der Waals surface area contributed by atoms with Crippen LogP contribution >= 0.6 is 0 Å². The van der Waals surface area contributed by atoms with E-state index in [4.69, 9.17) is 5.73 Å². The zero-order valence-electron chi connectivity index (χ0n) is 8.67. The Morgan fingerprint density at radius 1 is 1.54 bits per heavy atom. The van der Waals surface area contributed by atoms with Crippen LogP contribution in [-0.4, -0.2) is 4.98 Å². The number of aromatic nitrogens is 1. The molecule has 13 heavy (non-hydrogen) atoms. The topological polar surface area (TPSA) is 38.9 Å². The summed E-state index contributed by atoms with van der Waals surface area (Å²) in [6.45, 7) is 6.48. The highest BCUT2D eigenvalue weighted by atomic mass is 14.8. The van der Waals surface area contributed by atoms with Crippen molar-refractivity contribution in [3.05, 3.63) is 23.4 Å². The molecule has 2 nitrogen and oxygen atoms in total. The lowest BCUT2D eigenvalue weighted by Crippen LogP contribution is -2.03. The van der Waals surface area contributed by atoms with Gasteiger partial charge in [-0.3, -0.25) is 0 Å². The molecular formula is C11H18N2. The maximum atomic E-state index is 5.78. The van der Waals surface area contributed by atoms with Gasteiger partial charge in [0.25, 0.3) is 0 Å². The second-order valence-electron chi connectivity index (χ2n) is 3.77. The van der Waals surface area contributed by atoms with Gasteiger partial charge in [-0.05, 0) is 30.4 Å². The molecule has 1 aromatic heterocycles. The molecule has 0 amide bonds.